The lowest BCUT2D eigenvalue weighted by atomic mass is 9.86. The first-order valence-corrected chi connectivity index (χ1v) is 12.3. The van der Waals surface area contributed by atoms with E-state index in [4.69, 9.17) is 5.41 Å². The van der Waals surface area contributed by atoms with Crippen molar-refractivity contribution in [2.75, 3.05) is 5.75 Å². The molecule has 1 aliphatic heterocycles. The molecule has 1 saturated heterocycles. The van der Waals surface area contributed by atoms with Gasteiger partial charge in [0.2, 0.25) is 0 Å². The molecule has 3 rings (SSSR count). The van der Waals surface area contributed by atoms with Crippen molar-refractivity contribution in [1.82, 2.24) is 5.32 Å². The zero-order chi connectivity index (χ0) is 22.7. The molecular weight excluding hydrogens is 407 g/mol. The van der Waals surface area contributed by atoms with E-state index < -0.39 is 11.2 Å². The highest BCUT2D eigenvalue weighted by Gasteiger charge is 2.36. The molecule has 0 aromatic heterocycles. The third-order valence-corrected chi connectivity index (χ3v) is 8.06. The fourth-order valence-corrected chi connectivity index (χ4v) is 5.69. The van der Waals surface area contributed by atoms with Crippen molar-refractivity contribution in [2.24, 2.45) is 0 Å². The summed E-state index contributed by atoms with van der Waals surface area (Å²) in [5.74, 6) is 6.75. The monoisotopic (exact) mass is 438 g/mol. The van der Waals surface area contributed by atoms with Gasteiger partial charge in [-0.2, -0.15) is 0 Å². The van der Waals surface area contributed by atoms with Gasteiger partial charge in [-0.05, 0) is 95.9 Å². The second-order valence-corrected chi connectivity index (χ2v) is 9.88. The fraction of sp³-hybridized carbons (Fsp3) is 0.423. The van der Waals surface area contributed by atoms with Crippen LogP contribution in [0.25, 0.3) is 11.1 Å². The zero-order valence-electron chi connectivity index (χ0n) is 18.9. The molecular formula is C26H31FN2OS. The molecule has 1 heterocycles. The highest BCUT2D eigenvalue weighted by atomic mass is 32.2. The van der Waals surface area contributed by atoms with Gasteiger partial charge in [0.1, 0.15) is 17.4 Å². The average molecular weight is 439 g/mol. The van der Waals surface area contributed by atoms with Crippen LogP contribution in [0.1, 0.15) is 74.8 Å². The molecule has 0 spiro atoms. The van der Waals surface area contributed by atoms with Gasteiger partial charge in [0.25, 0.3) is 0 Å². The van der Waals surface area contributed by atoms with Crippen molar-refractivity contribution in [1.29, 1.82) is 5.41 Å². The van der Waals surface area contributed by atoms with Crippen LogP contribution in [0.5, 0.6) is 0 Å². The lowest BCUT2D eigenvalue weighted by Crippen LogP contribution is -2.49. The Balaban J connectivity index is 2.13. The minimum absolute atomic E-state index is 0.271. The van der Waals surface area contributed by atoms with Crippen LogP contribution in [0, 0.1) is 30.0 Å². The first kappa shape index (κ1) is 23.4. The number of rotatable bonds is 5. The standard InChI is InChI=1S/C26H31FN2OS/c1-6-9-18-10-11-20(16(4)7-2)22(12-18)21-13-19(14-23(27)17(21)5)24-15-31(30)25(8-3)26(28)29-24/h10-14,16,24-25H,7-8,15H2,1-5H3,(H2,28,29). The molecule has 2 aromatic rings. The van der Waals surface area contributed by atoms with Crippen LogP contribution in [0.2, 0.25) is 0 Å². The zero-order valence-corrected chi connectivity index (χ0v) is 19.8. The molecule has 2 N–H and O–H groups in total. The largest absolute Gasteiger partial charge is 0.616 e. The Labute approximate surface area is 188 Å². The van der Waals surface area contributed by atoms with Gasteiger partial charge in [-0.1, -0.05) is 32.8 Å². The number of hydrogen-bond acceptors (Lipinski definition) is 2. The molecule has 0 saturated carbocycles. The minimum Gasteiger partial charge on any atom is -0.616 e. The third-order valence-electron chi connectivity index (χ3n) is 6.20. The highest BCUT2D eigenvalue weighted by molar-refractivity contribution is 7.92. The van der Waals surface area contributed by atoms with Crippen molar-refractivity contribution >= 4 is 17.0 Å². The first-order chi connectivity index (χ1) is 14.8. The maximum Gasteiger partial charge on any atom is 0.171 e. The maximum absolute atomic E-state index is 15.1. The van der Waals surface area contributed by atoms with Gasteiger partial charge in [0.05, 0.1) is 6.04 Å². The molecule has 0 bridgehead atoms. The van der Waals surface area contributed by atoms with E-state index >= 15 is 4.39 Å². The fourth-order valence-electron chi connectivity index (χ4n) is 4.15. The summed E-state index contributed by atoms with van der Waals surface area (Å²) in [4.78, 5) is 0. The molecule has 1 fully saturated rings. The van der Waals surface area contributed by atoms with Gasteiger partial charge in [0.15, 0.2) is 5.25 Å². The predicted molar refractivity (Wildman–Crippen MR) is 129 cm³/mol. The smallest absolute Gasteiger partial charge is 0.171 e. The second-order valence-electron chi connectivity index (χ2n) is 8.22. The van der Waals surface area contributed by atoms with Crippen molar-refractivity contribution in [3.63, 3.8) is 0 Å². The molecule has 0 radical (unpaired) electrons. The van der Waals surface area contributed by atoms with E-state index in [1.54, 1.807) is 13.8 Å². The predicted octanol–water partition coefficient (Wildman–Crippen LogP) is 5.83. The number of benzene rings is 2. The van der Waals surface area contributed by atoms with Gasteiger partial charge in [0, 0.05) is 5.56 Å². The highest BCUT2D eigenvalue weighted by Crippen LogP contribution is 2.37. The summed E-state index contributed by atoms with van der Waals surface area (Å²) in [6.45, 7) is 9.87. The summed E-state index contributed by atoms with van der Waals surface area (Å²) in [6, 6.07) is 9.35. The van der Waals surface area contributed by atoms with Gasteiger partial charge in [-0.15, -0.1) is 5.92 Å². The van der Waals surface area contributed by atoms with E-state index in [0.29, 0.717) is 23.7 Å². The van der Waals surface area contributed by atoms with Gasteiger partial charge < -0.3 is 9.87 Å². The molecule has 0 amide bonds. The minimum atomic E-state index is -1.15. The Morgan fingerprint density at radius 2 is 2.00 bits per heavy atom. The Bertz CT molecular complexity index is 1040. The third kappa shape index (κ3) is 4.81. The molecule has 164 valence electrons. The number of hydrogen-bond donors (Lipinski definition) is 2. The first-order valence-electron chi connectivity index (χ1n) is 10.9. The van der Waals surface area contributed by atoms with E-state index in [1.165, 1.54) is 11.6 Å². The maximum atomic E-state index is 15.1. The van der Waals surface area contributed by atoms with Crippen molar-refractivity contribution in [3.05, 3.63) is 58.4 Å². The lowest BCUT2D eigenvalue weighted by Gasteiger charge is -2.33. The summed E-state index contributed by atoms with van der Waals surface area (Å²) in [6.07, 6.45) is 1.63. The molecule has 0 aliphatic carbocycles. The van der Waals surface area contributed by atoms with E-state index in [-0.39, 0.29) is 22.9 Å². The van der Waals surface area contributed by atoms with E-state index in [0.717, 1.165) is 28.7 Å². The van der Waals surface area contributed by atoms with Crippen molar-refractivity contribution in [2.45, 2.75) is 64.7 Å². The van der Waals surface area contributed by atoms with Crippen molar-refractivity contribution in [3.8, 4) is 23.0 Å². The van der Waals surface area contributed by atoms with E-state index in [9.17, 15) is 4.55 Å². The molecule has 1 aliphatic rings. The Morgan fingerprint density at radius 3 is 2.61 bits per heavy atom. The molecule has 4 atom stereocenters. The van der Waals surface area contributed by atoms with Gasteiger partial charge >= 0.3 is 0 Å². The molecule has 31 heavy (non-hydrogen) atoms. The van der Waals surface area contributed by atoms with Crippen LogP contribution < -0.4 is 5.32 Å². The van der Waals surface area contributed by atoms with Crippen LogP contribution in [-0.4, -0.2) is 21.4 Å². The van der Waals surface area contributed by atoms with Crippen LogP contribution in [0.3, 0.4) is 0 Å². The Kier molecular flexibility index (Phi) is 7.46. The van der Waals surface area contributed by atoms with Crippen LogP contribution in [0.4, 0.5) is 4.39 Å². The summed E-state index contributed by atoms with van der Waals surface area (Å²) < 4.78 is 27.7. The van der Waals surface area contributed by atoms with Crippen LogP contribution >= 0.6 is 0 Å². The summed E-state index contributed by atoms with van der Waals surface area (Å²) in [5.41, 5.74) is 5.22. The summed E-state index contributed by atoms with van der Waals surface area (Å²) in [5, 5.41) is 11.1. The number of nitrogens with one attached hydrogen (secondary N) is 2. The van der Waals surface area contributed by atoms with Crippen molar-refractivity contribution < 1.29 is 8.94 Å². The number of amidine groups is 1. The van der Waals surface area contributed by atoms with Gasteiger partial charge in [-0.25, -0.2) is 4.39 Å². The van der Waals surface area contributed by atoms with E-state index in [1.807, 2.05) is 25.1 Å². The number of halogens is 1. The molecule has 4 unspecified atom stereocenters. The molecule has 3 nitrogen and oxygen atoms in total. The lowest BCUT2D eigenvalue weighted by molar-refractivity contribution is 0.556. The Morgan fingerprint density at radius 1 is 1.26 bits per heavy atom. The molecule has 5 heteroatoms. The van der Waals surface area contributed by atoms with E-state index in [2.05, 4.69) is 37.1 Å². The molecule has 2 aromatic carbocycles. The quantitative estimate of drug-likeness (QED) is 0.455. The van der Waals surface area contributed by atoms with Crippen LogP contribution in [-0.2, 0) is 11.2 Å². The average Bonchev–Trinajstić information content (AvgIpc) is 2.75. The summed E-state index contributed by atoms with van der Waals surface area (Å²) in [7, 11) is 0. The van der Waals surface area contributed by atoms with Crippen LogP contribution in [0.15, 0.2) is 30.3 Å². The SMILES string of the molecule is CC#Cc1ccc(C(C)CC)c(-c2cc(C3C[S+]([O-])C(CC)C(=N)N3)cc(F)c2C)c1. The van der Waals surface area contributed by atoms with Gasteiger partial charge in [-0.3, -0.25) is 5.41 Å². The second kappa shape index (κ2) is 9.89. The topological polar surface area (TPSA) is 58.9 Å². The normalized spacial score (nSPS) is 21.8. The summed E-state index contributed by atoms with van der Waals surface area (Å²) >= 11 is -1.15. The Hall–Kier alpha value is -2.29.